The molecule has 0 bridgehead atoms. The van der Waals surface area contributed by atoms with Crippen LogP contribution in [-0.4, -0.2) is 24.9 Å². The number of rotatable bonds is 5. The van der Waals surface area contributed by atoms with Crippen LogP contribution in [0.5, 0.6) is 0 Å². The van der Waals surface area contributed by atoms with E-state index in [2.05, 4.69) is 27.4 Å². The van der Waals surface area contributed by atoms with Gasteiger partial charge in [0.05, 0.1) is 12.8 Å². The van der Waals surface area contributed by atoms with E-state index in [1.165, 1.54) is 7.11 Å². The Morgan fingerprint density at radius 1 is 1.06 bits per heavy atom. The van der Waals surface area contributed by atoms with Crippen LogP contribution in [0.1, 0.15) is 44.7 Å². The lowest BCUT2D eigenvalue weighted by Crippen LogP contribution is -2.32. The van der Waals surface area contributed by atoms with Crippen LogP contribution >= 0.6 is 11.6 Å². The molecule has 0 aromatic heterocycles. The fourth-order valence-electron chi connectivity index (χ4n) is 3.82. The van der Waals surface area contributed by atoms with Gasteiger partial charge in [0.15, 0.2) is 0 Å². The molecule has 1 heterocycles. The smallest absolute Gasteiger partial charge is 0.334 e. The van der Waals surface area contributed by atoms with Crippen molar-refractivity contribution in [3.8, 4) is 0 Å². The van der Waals surface area contributed by atoms with E-state index in [0.29, 0.717) is 16.3 Å². The second-order valence-corrected chi connectivity index (χ2v) is 9.22. The van der Waals surface area contributed by atoms with Crippen molar-refractivity contribution in [1.29, 1.82) is 0 Å². The van der Waals surface area contributed by atoms with Crippen molar-refractivity contribution in [1.82, 2.24) is 0 Å². The van der Waals surface area contributed by atoms with Gasteiger partial charge in [0, 0.05) is 27.7 Å². The summed E-state index contributed by atoms with van der Waals surface area (Å²) in [4.78, 5) is 40.2. The van der Waals surface area contributed by atoms with E-state index in [9.17, 15) is 14.4 Å². The first-order valence-electron chi connectivity index (χ1n) is 10.2. The number of carbonyl (C=O) groups excluding carboxylic acids is 3. The molecule has 1 atom stereocenters. The van der Waals surface area contributed by atoms with Crippen molar-refractivity contribution >= 4 is 35.1 Å². The summed E-state index contributed by atoms with van der Waals surface area (Å²) in [5.74, 6) is -2.45. The minimum atomic E-state index is -0.864. The lowest BCUT2D eigenvalue weighted by Gasteiger charge is -2.23. The molecule has 0 N–H and O–H groups in total. The number of imide groups is 1. The third kappa shape index (κ3) is 4.26. The molecular formula is C26H26ClNO4. The molecule has 0 spiro atoms. The van der Waals surface area contributed by atoms with Gasteiger partial charge in [0.2, 0.25) is 0 Å². The minimum Gasteiger partial charge on any atom is -0.466 e. The molecule has 2 amide bonds. The second kappa shape index (κ2) is 8.75. The number of methoxy groups -OCH3 is 1. The Labute approximate surface area is 193 Å². The summed E-state index contributed by atoms with van der Waals surface area (Å²) in [5.41, 5.74) is 2.56. The molecule has 1 aliphatic rings. The van der Waals surface area contributed by atoms with Crippen LogP contribution < -0.4 is 4.90 Å². The van der Waals surface area contributed by atoms with Crippen molar-refractivity contribution in [2.75, 3.05) is 12.0 Å². The number of halogens is 1. The molecule has 0 aliphatic carbocycles. The molecule has 32 heavy (non-hydrogen) atoms. The Hall–Kier alpha value is -3.18. The molecular weight excluding hydrogens is 426 g/mol. The van der Waals surface area contributed by atoms with Gasteiger partial charge >= 0.3 is 5.97 Å². The molecule has 3 rings (SSSR count). The van der Waals surface area contributed by atoms with Gasteiger partial charge in [-0.25, -0.2) is 9.69 Å². The molecule has 0 saturated carbocycles. The van der Waals surface area contributed by atoms with E-state index in [4.69, 9.17) is 16.3 Å². The van der Waals surface area contributed by atoms with Crippen molar-refractivity contribution in [3.05, 3.63) is 88.0 Å². The van der Waals surface area contributed by atoms with E-state index in [1.807, 2.05) is 12.1 Å². The zero-order chi connectivity index (χ0) is 23.8. The number of carbonyl (C=O) groups is 3. The maximum absolute atomic E-state index is 13.5. The highest BCUT2D eigenvalue weighted by Gasteiger charge is 2.43. The van der Waals surface area contributed by atoms with E-state index >= 15 is 0 Å². The molecule has 2 aromatic carbocycles. The van der Waals surface area contributed by atoms with Crippen molar-refractivity contribution < 1.29 is 19.1 Å². The van der Waals surface area contributed by atoms with Crippen molar-refractivity contribution in [2.24, 2.45) is 0 Å². The fourth-order valence-corrected chi connectivity index (χ4v) is 4.02. The first-order chi connectivity index (χ1) is 15.0. The summed E-state index contributed by atoms with van der Waals surface area (Å²) in [6, 6.07) is 14.1. The van der Waals surface area contributed by atoms with E-state index in [0.717, 1.165) is 10.5 Å². The first kappa shape index (κ1) is 23.5. The van der Waals surface area contributed by atoms with Gasteiger partial charge in [-0.05, 0) is 47.7 Å². The number of ether oxygens (including phenoxy) is 1. The molecule has 1 aliphatic heterocycles. The van der Waals surface area contributed by atoms with Gasteiger partial charge in [-0.15, -0.1) is 0 Å². The third-order valence-electron chi connectivity index (χ3n) is 5.62. The zero-order valence-corrected chi connectivity index (χ0v) is 19.6. The van der Waals surface area contributed by atoms with Crippen molar-refractivity contribution in [2.45, 2.75) is 39.0 Å². The summed E-state index contributed by atoms with van der Waals surface area (Å²) < 4.78 is 4.85. The van der Waals surface area contributed by atoms with Gasteiger partial charge in [-0.2, -0.15) is 0 Å². The summed E-state index contributed by atoms with van der Waals surface area (Å²) in [5, 5.41) is 0.440. The predicted octanol–water partition coefficient (Wildman–Crippen LogP) is 5.34. The van der Waals surface area contributed by atoms with E-state index in [-0.39, 0.29) is 22.1 Å². The third-order valence-corrected chi connectivity index (χ3v) is 5.85. The number of hydrogen-bond donors (Lipinski definition) is 0. The van der Waals surface area contributed by atoms with Crippen LogP contribution in [0.25, 0.3) is 0 Å². The first-order valence-corrected chi connectivity index (χ1v) is 10.6. The van der Waals surface area contributed by atoms with Crippen LogP contribution in [0.3, 0.4) is 0 Å². The maximum atomic E-state index is 13.5. The summed E-state index contributed by atoms with van der Waals surface area (Å²) in [6.45, 7) is 11.7. The van der Waals surface area contributed by atoms with Crippen LogP contribution in [0.4, 0.5) is 5.69 Å². The molecule has 0 unspecified atom stereocenters. The highest BCUT2D eigenvalue weighted by Crippen LogP contribution is 2.40. The van der Waals surface area contributed by atoms with Crippen LogP contribution in [0, 0.1) is 0 Å². The average molecular weight is 452 g/mol. The van der Waals surface area contributed by atoms with Crippen LogP contribution in [-0.2, 0) is 24.5 Å². The normalized spacial score (nSPS) is 15.2. The van der Waals surface area contributed by atoms with Gasteiger partial charge in [0.25, 0.3) is 11.8 Å². The lowest BCUT2D eigenvalue weighted by atomic mass is 9.83. The Morgan fingerprint density at radius 3 is 2.22 bits per heavy atom. The SMILES string of the molecule is C=C(C(=O)OC)[C@H](C1=C(C)C(=O)N(c2ccc(C(C)(C)C)cc2)C1=O)c1cccc(Cl)c1. The molecule has 0 fully saturated rings. The number of benzene rings is 2. The number of amides is 2. The Kier molecular flexibility index (Phi) is 6.42. The summed E-state index contributed by atoms with van der Waals surface area (Å²) in [6.07, 6.45) is 0. The van der Waals surface area contributed by atoms with Crippen LogP contribution in [0.2, 0.25) is 5.02 Å². The Balaban J connectivity index is 2.08. The molecule has 0 saturated heterocycles. The van der Waals surface area contributed by atoms with Gasteiger partial charge < -0.3 is 4.74 Å². The minimum absolute atomic E-state index is 0.0511. The highest BCUT2D eigenvalue weighted by molar-refractivity contribution is 6.33. The molecule has 166 valence electrons. The van der Waals surface area contributed by atoms with Gasteiger partial charge in [-0.1, -0.05) is 63.2 Å². The van der Waals surface area contributed by atoms with Crippen LogP contribution in [0.15, 0.2) is 71.8 Å². The predicted molar refractivity (Wildman–Crippen MR) is 126 cm³/mol. The number of anilines is 1. The number of nitrogens with zero attached hydrogens (tertiary/aromatic N) is 1. The molecule has 2 aromatic rings. The standard InChI is InChI=1S/C26H26ClNO4/c1-15-22(21(16(2)25(31)32-6)17-8-7-9-19(27)14-17)24(30)28(23(15)29)20-12-10-18(11-13-20)26(3,4)5/h7-14,21H,2H2,1,3-6H3/t21-/m0/s1. The molecule has 5 nitrogen and oxygen atoms in total. The highest BCUT2D eigenvalue weighted by atomic mass is 35.5. The maximum Gasteiger partial charge on any atom is 0.334 e. The Bertz CT molecular complexity index is 1140. The Morgan fingerprint density at radius 2 is 1.69 bits per heavy atom. The molecule has 6 heteroatoms. The largest absolute Gasteiger partial charge is 0.466 e. The average Bonchev–Trinajstić information content (AvgIpc) is 2.96. The zero-order valence-electron chi connectivity index (χ0n) is 18.9. The van der Waals surface area contributed by atoms with Gasteiger partial charge in [0.1, 0.15) is 0 Å². The van der Waals surface area contributed by atoms with Gasteiger partial charge in [-0.3, -0.25) is 9.59 Å². The van der Waals surface area contributed by atoms with E-state index < -0.39 is 23.7 Å². The summed E-state index contributed by atoms with van der Waals surface area (Å²) >= 11 is 6.17. The molecule has 0 radical (unpaired) electrons. The lowest BCUT2D eigenvalue weighted by molar-refractivity contribution is -0.136. The number of esters is 1. The van der Waals surface area contributed by atoms with Crippen molar-refractivity contribution in [3.63, 3.8) is 0 Å². The number of hydrogen-bond acceptors (Lipinski definition) is 4. The summed E-state index contributed by atoms with van der Waals surface area (Å²) in [7, 11) is 1.24. The quantitative estimate of drug-likeness (QED) is 0.349. The second-order valence-electron chi connectivity index (χ2n) is 8.79. The fraction of sp³-hybridized carbons (Fsp3) is 0.269. The van der Waals surface area contributed by atoms with E-state index in [1.54, 1.807) is 43.3 Å². The topological polar surface area (TPSA) is 63.7 Å². The monoisotopic (exact) mass is 451 g/mol.